The van der Waals surface area contributed by atoms with Crippen LogP contribution in [0.1, 0.15) is 37.0 Å². The number of benzene rings is 1. The first kappa shape index (κ1) is 19.7. The Hall–Kier alpha value is -3.03. The van der Waals surface area contributed by atoms with Crippen molar-refractivity contribution in [1.29, 1.82) is 0 Å². The predicted octanol–water partition coefficient (Wildman–Crippen LogP) is 0.758. The Kier molecular flexibility index (Phi) is 5.06. The maximum absolute atomic E-state index is 12.2. The number of carboxylic acids is 1. The molecule has 0 aliphatic carbocycles. The molecular formula is C20H22NO7-. The second-order valence-electron chi connectivity index (χ2n) is 7.49. The summed E-state index contributed by atoms with van der Waals surface area (Å²) >= 11 is 0. The highest BCUT2D eigenvalue weighted by molar-refractivity contribution is 5.92. The van der Waals surface area contributed by atoms with Crippen LogP contribution in [0.4, 0.5) is 0 Å². The SMILES string of the molecule is Cc1c(C)c2c(OCC(=O)NCC(=O)[O-])cc3c(c2oc1=O)CCC(C)(C)O3. The van der Waals surface area contributed by atoms with Gasteiger partial charge in [-0.1, -0.05) is 0 Å². The molecule has 0 spiro atoms. The van der Waals surface area contributed by atoms with Crippen LogP contribution in [0.5, 0.6) is 11.5 Å². The molecule has 2 heterocycles. The molecule has 0 bridgehead atoms. The summed E-state index contributed by atoms with van der Waals surface area (Å²) in [5, 5.41) is 13.2. The van der Waals surface area contributed by atoms with E-state index in [1.165, 1.54) is 0 Å². The van der Waals surface area contributed by atoms with Crippen molar-refractivity contribution in [2.45, 2.75) is 46.1 Å². The summed E-state index contributed by atoms with van der Waals surface area (Å²) in [5.41, 5.74) is 1.53. The first-order valence-electron chi connectivity index (χ1n) is 8.97. The van der Waals surface area contributed by atoms with Gasteiger partial charge in [-0.3, -0.25) is 4.79 Å². The molecule has 8 nitrogen and oxygen atoms in total. The molecule has 1 amide bonds. The largest absolute Gasteiger partial charge is 0.548 e. The molecule has 0 radical (unpaired) electrons. The van der Waals surface area contributed by atoms with Gasteiger partial charge in [-0.2, -0.15) is 0 Å². The van der Waals surface area contributed by atoms with Crippen LogP contribution in [0.25, 0.3) is 11.0 Å². The third kappa shape index (κ3) is 3.81. The highest BCUT2D eigenvalue weighted by Crippen LogP contribution is 2.43. The van der Waals surface area contributed by atoms with Crippen molar-refractivity contribution in [2.75, 3.05) is 13.2 Å². The maximum atomic E-state index is 12.2. The minimum absolute atomic E-state index is 0.333. The number of carboxylic acid groups (broad SMARTS) is 1. The summed E-state index contributed by atoms with van der Waals surface area (Å²) in [7, 11) is 0. The van der Waals surface area contributed by atoms with Crippen LogP contribution in [0.3, 0.4) is 0 Å². The third-order valence-corrected chi connectivity index (χ3v) is 4.90. The van der Waals surface area contributed by atoms with Crippen LogP contribution in [-0.4, -0.2) is 30.6 Å². The standard InChI is InChI=1S/C20H23NO7/c1-10-11(2)19(25)27-18-12-5-6-20(3,4)28-13(12)7-14(17(10)18)26-9-15(22)21-8-16(23)24/h7H,5-6,8-9H2,1-4H3,(H,21,22)(H,23,24)/p-1. The Morgan fingerprint density at radius 2 is 2.00 bits per heavy atom. The van der Waals surface area contributed by atoms with Gasteiger partial charge >= 0.3 is 5.63 Å². The van der Waals surface area contributed by atoms with Crippen molar-refractivity contribution >= 4 is 22.8 Å². The summed E-state index contributed by atoms with van der Waals surface area (Å²) in [5.74, 6) is -1.13. The minimum Gasteiger partial charge on any atom is -0.548 e. The highest BCUT2D eigenvalue weighted by Gasteiger charge is 2.31. The van der Waals surface area contributed by atoms with Gasteiger partial charge in [0.2, 0.25) is 0 Å². The fourth-order valence-electron chi connectivity index (χ4n) is 3.21. The van der Waals surface area contributed by atoms with Gasteiger partial charge in [-0.25, -0.2) is 4.79 Å². The summed E-state index contributed by atoms with van der Waals surface area (Å²) in [6.07, 6.45) is 1.44. The molecule has 0 unspecified atom stereocenters. The average molecular weight is 388 g/mol. The Bertz CT molecular complexity index is 1020. The Morgan fingerprint density at radius 1 is 1.29 bits per heavy atom. The van der Waals surface area contributed by atoms with Gasteiger partial charge in [0.1, 0.15) is 22.7 Å². The highest BCUT2D eigenvalue weighted by atomic mass is 16.5. The smallest absolute Gasteiger partial charge is 0.339 e. The molecule has 3 rings (SSSR count). The van der Waals surface area contributed by atoms with Crippen molar-refractivity contribution in [3.05, 3.63) is 33.2 Å². The Balaban J connectivity index is 2.06. The molecule has 1 aromatic carbocycles. The second kappa shape index (κ2) is 7.18. The number of rotatable bonds is 5. The first-order valence-corrected chi connectivity index (χ1v) is 8.97. The number of nitrogens with one attached hydrogen (secondary N) is 1. The molecule has 0 fully saturated rings. The van der Waals surface area contributed by atoms with E-state index in [1.54, 1.807) is 19.9 Å². The lowest BCUT2D eigenvalue weighted by atomic mass is 9.92. The van der Waals surface area contributed by atoms with E-state index >= 15 is 0 Å². The van der Waals surface area contributed by atoms with Crippen molar-refractivity contribution < 1.29 is 28.6 Å². The van der Waals surface area contributed by atoms with E-state index in [9.17, 15) is 19.5 Å². The van der Waals surface area contributed by atoms with Crippen LogP contribution < -0.4 is 25.5 Å². The van der Waals surface area contributed by atoms with Crippen LogP contribution >= 0.6 is 0 Å². The van der Waals surface area contributed by atoms with Crippen LogP contribution in [0.2, 0.25) is 0 Å². The summed E-state index contributed by atoms with van der Waals surface area (Å²) < 4.78 is 17.3. The summed E-state index contributed by atoms with van der Waals surface area (Å²) in [4.78, 5) is 34.5. The van der Waals surface area contributed by atoms with Crippen molar-refractivity contribution in [3.8, 4) is 11.5 Å². The van der Waals surface area contributed by atoms with E-state index in [0.717, 1.165) is 12.0 Å². The van der Waals surface area contributed by atoms with Gasteiger partial charge in [0.05, 0.1) is 17.9 Å². The van der Waals surface area contributed by atoms with Gasteiger partial charge in [-0.15, -0.1) is 0 Å². The predicted molar refractivity (Wildman–Crippen MR) is 98.5 cm³/mol. The number of ether oxygens (including phenoxy) is 2. The monoisotopic (exact) mass is 388 g/mol. The third-order valence-electron chi connectivity index (χ3n) is 4.90. The summed E-state index contributed by atoms with van der Waals surface area (Å²) in [6.45, 7) is 6.38. The van der Waals surface area contributed by atoms with Gasteiger partial charge < -0.3 is 29.1 Å². The van der Waals surface area contributed by atoms with Gasteiger partial charge in [0.15, 0.2) is 6.61 Å². The molecule has 1 aromatic heterocycles. The lowest BCUT2D eigenvalue weighted by Crippen LogP contribution is -2.39. The molecule has 28 heavy (non-hydrogen) atoms. The van der Waals surface area contributed by atoms with E-state index in [-0.39, 0.29) is 5.60 Å². The van der Waals surface area contributed by atoms with Crippen molar-refractivity contribution in [1.82, 2.24) is 5.32 Å². The Labute approximate surface area is 161 Å². The minimum atomic E-state index is -1.39. The number of fused-ring (bicyclic) bond motifs is 3. The lowest BCUT2D eigenvalue weighted by molar-refractivity contribution is -0.304. The summed E-state index contributed by atoms with van der Waals surface area (Å²) in [6, 6.07) is 1.69. The van der Waals surface area contributed by atoms with E-state index in [1.807, 2.05) is 13.8 Å². The van der Waals surface area contributed by atoms with Gasteiger partial charge in [-0.05, 0) is 46.1 Å². The quantitative estimate of drug-likeness (QED) is 0.751. The zero-order valence-electron chi connectivity index (χ0n) is 16.3. The van der Waals surface area contributed by atoms with E-state index in [2.05, 4.69) is 5.32 Å². The first-order chi connectivity index (χ1) is 13.1. The van der Waals surface area contributed by atoms with Crippen molar-refractivity contribution in [3.63, 3.8) is 0 Å². The van der Waals surface area contributed by atoms with Crippen LogP contribution in [0, 0.1) is 13.8 Å². The zero-order chi connectivity index (χ0) is 20.6. The molecule has 150 valence electrons. The average Bonchev–Trinajstić information content (AvgIpc) is 2.61. The number of hydrogen-bond acceptors (Lipinski definition) is 7. The van der Waals surface area contributed by atoms with E-state index in [0.29, 0.717) is 40.0 Å². The van der Waals surface area contributed by atoms with Crippen LogP contribution in [0.15, 0.2) is 15.3 Å². The molecule has 0 atom stereocenters. The molecule has 2 aromatic rings. The van der Waals surface area contributed by atoms with Gasteiger partial charge in [0, 0.05) is 17.2 Å². The molecule has 1 N–H and O–H groups in total. The maximum Gasteiger partial charge on any atom is 0.339 e. The lowest BCUT2D eigenvalue weighted by Gasteiger charge is -2.33. The molecular weight excluding hydrogens is 366 g/mol. The number of hydrogen-bond donors (Lipinski definition) is 1. The van der Waals surface area contributed by atoms with Crippen LogP contribution in [-0.2, 0) is 16.0 Å². The number of aliphatic carboxylic acids is 1. The zero-order valence-corrected chi connectivity index (χ0v) is 16.3. The molecule has 1 aliphatic heterocycles. The van der Waals surface area contributed by atoms with Crippen molar-refractivity contribution in [2.24, 2.45) is 0 Å². The molecule has 0 saturated carbocycles. The molecule has 0 saturated heterocycles. The molecule has 8 heteroatoms. The number of carbonyl (C=O) groups excluding carboxylic acids is 2. The molecule has 1 aliphatic rings. The van der Waals surface area contributed by atoms with E-state index < -0.39 is 30.7 Å². The van der Waals surface area contributed by atoms with Gasteiger partial charge in [0.25, 0.3) is 5.91 Å². The normalized spacial score (nSPS) is 14.9. The number of carbonyl (C=O) groups is 2. The fourth-order valence-corrected chi connectivity index (χ4v) is 3.21. The topological polar surface area (TPSA) is 118 Å². The number of amides is 1. The fraction of sp³-hybridized carbons (Fsp3) is 0.450. The second-order valence-corrected chi connectivity index (χ2v) is 7.49. The Morgan fingerprint density at radius 3 is 2.68 bits per heavy atom. The van der Waals surface area contributed by atoms with E-state index in [4.69, 9.17) is 13.9 Å². The number of aryl methyl sites for hydroxylation is 2.